The zero-order chi connectivity index (χ0) is 10.7. The minimum atomic E-state index is 0.200. The van der Waals surface area contributed by atoms with E-state index in [1.165, 1.54) is 31.5 Å². The Morgan fingerprint density at radius 1 is 1.13 bits per heavy atom. The van der Waals surface area contributed by atoms with Crippen LogP contribution in [-0.2, 0) is 0 Å². The number of nitrogens with zero attached hydrogens (tertiary/aromatic N) is 1. The van der Waals surface area contributed by atoms with Crippen LogP contribution in [0.15, 0.2) is 30.3 Å². The maximum atomic E-state index is 6.11. The van der Waals surface area contributed by atoms with Crippen LogP contribution in [0.4, 0.5) is 0 Å². The van der Waals surface area contributed by atoms with Crippen molar-refractivity contribution < 1.29 is 0 Å². The van der Waals surface area contributed by atoms with E-state index in [2.05, 4.69) is 42.2 Å². The Morgan fingerprint density at radius 2 is 1.73 bits per heavy atom. The Bertz CT molecular complexity index is 289. The summed E-state index contributed by atoms with van der Waals surface area (Å²) in [4.78, 5) is 2.51. The van der Waals surface area contributed by atoms with Gasteiger partial charge in [0.1, 0.15) is 0 Å². The van der Waals surface area contributed by atoms with E-state index in [0.29, 0.717) is 6.04 Å². The molecule has 0 aliphatic carbocycles. The van der Waals surface area contributed by atoms with E-state index in [1.54, 1.807) is 0 Å². The molecule has 2 nitrogen and oxygen atoms in total. The van der Waals surface area contributed by atoms with Crippen LogP contribution in [0.3, 0.4) is 0 Å². The number of hydrogen-bond donors (Lipinski definition) is 1. The Kier molecular flexibility index (Phi) is 3.39. The maximum absolute atomic E-state index is 6.11. The number of benzene rings is 1. The lowest BCUT2D eigenvalue weighted by molar-refractivity contribution is 0.219. The van der Waals surface area contributed by atoms with Gasteiger partial charge in [0.05, 0.1) is 0 Å². The smallest absolute Gasteiger partial charge is 0.0496 e. The molecule has 0 saturated carbocycles. The molecule has 2 N–H and O–H groups in total. The summed E-state index contributed by atoms with van der Waals surface area (Å²) in [6.07, 6.45) is 2.63. The molecule has 1 saturated heterocycles. The minimum Gasteiger partial charge on any atom is -0.326 e. The molecule has 0 radical (unpaired) electrons. The summed E-state index contributed by atoms with van der Waals surface area (Å²) in [5.74, 6) is 0. The Hall–Kier alpha value is -0.860. The van der Waals surface area contributed by atoms with Gasteiger partial charge in [0.15, 0.2) is 0 Å². The van der Waals surface area contributed by atoms with E-state index in [-0.39, 0.29) is 6.04 Å². The van der Waals surface area contributed by atoms with Crippen molar-refractivity contribution in [3.05, 3.63) is 35.9 Å². The molecular weight excluding hydrogens is 184 g/mol. The zero-order valence-electron chi connectivity index (χ0n) is 9.39. The lowest BCUT2D eigenvalue weighted by Crippen LogP contribution is -2.37. The van der Waals surface area contributed by atoms with Crippen LogP contribution in [0.25, 0.3) is 0 Å². The standard InChI is InChI=1S/C13H20N2/c1-11(14)13(15-9-5-6-10-15)12-7-3-2-4-8-12/h2-4,7-8,11,13H,5-6,9-10,14H2,1H3/t11-,13+/m0/s1. The van der Waals surface area contributed by atoms with E-state index < -0.39 is 0 Å². The van der Waals surface area contributed by atoms with Crippen LogP contribution in [-0.4, -0.2) is 24.0 Å². The molecule has 0 aromatic heterocycles. The molecule has 2 heteroatoms. The van der Waals surface area contributed by atoms with Gasteiger partial charge in [-0.25, -0.2) is 0 Å². The molecule has 15 heavy (non-hydrogen) atoms. The molecule has 1 heterocycles. The fourth-order valence-corrected chi connectivity index (χ4v) is 2.52. The average molecular weight is 204 g/mol. The SMILES string of the molecule is C[C@H](N)[C@H](c1ccccc1)N1CCCC1. The lowest BCUT2D eigenvalue weighted by Gasteiger charge is -2.31. The van der Waals surface area contributed by atoms with E-state index in [1.807, 2.05) is 0 Å². The van der Waals surface area contributed by atoms with Gasteiger partial charge in [-0.2, -0.15) is 0 Å². The van der Waals surface area contributed by atoms with Gasteiger partial charge >= 0.3 is 0 Å². The van der Waals surface area contributed by atoms with Crippen molar-refractivity contribution >= 4 is 0 Å². The second kappa shape index (κ2) is 4.77. The van der Waals surface area contributed by atoms with Crippen LogP contribution in [0.2, 0.25) is 0 Å². The number of likely N-dealkylation sites (tertiary alicyclic amines) is 1. The average Bonchev–Trinajstić information content (AvgIpc) is 2.72. The highest BCUT2D eigenvalue weighted by Gasteiger charge is 2.25. The van der Waals surface area contributed by atoms with Crippen LogP contribution < -0.4 is 5.73 Å². The number of nitrogens with two attached hydrogens (primary N) is 1. The van der Waals surface area contributed by atoms with Crippen molar-refractivity contribution in [2.75, 3.05) is 13.1 Å². The van der Waals surface area contributed by atoms with Gasteiger partial charge < -0.3 is 5.73 Å². The third-order valence-electron chi connectivity index (χ3n) is 3.17. The van der Waals surface area contributed by atoms with Crippen LogP contribution in [0.1, 0.15) is 31.4 Å². The van der Waals surface area contributed by atoms with Gasteiger partial charge in [0.2, 0.25) is 0 Å². The third kappa shape index (κ3) is 2.39. The molecular formula is C13H20N2. The van der Waals surface area contributed by atoms with E-state index in [4.69, 9.17) is 5.73 Å². The van der Waals surface area contributed by atoms with Gasteiger partial charge in [0, 0.05) is 12.1 Å². The van der Waals surface area contributed by atoms with Crippen LogP contribution >= 0.6 is 0 Å². The summed E-state index contributed by atoms with van der Waals surface area (Å²) in [7, 11) is 0. The Labute approximate surface area is 92.1 Å². The summed E-state index contributed by atoms with van der Waals surface area (Å²) in [5, 5.41) is 0. The highest BCUT2D eigenvalue weighted by atomic mass is 15.2. The monoisotopic (exact) mass is 204 g/mol. The summed E-state index contributed by atoms with van der Waals surface area (Å²) in [5.41, 5.74) is 7.46. The molecule has 1 aromatic rings. The first-order chi connectivity index (χ1) is 7.29. The van der Waals surface area contributed by atoms with Crippen LogP contribution in [0, 0.1) is 0 Å². The summed E-state index contributed by atoms with van der Waals surface area (Å²) in [6, 6.07) is 11.2. The summed E-state index contributed by atoms with van der Waals surface area (Å²) >= 11 is 0. The Morgan fingerprint density at radius 3 is 2.27 bits per heavy atom. The molecule has 0 bridgehead atoms. The second-order valence-corrected chi connectivity index (χ2v) is 4.46. The molecule has 0 spiro atoms. The number of rotatable bonds is 3. The summed E-state index contributed by atoms with van der Waals surface area (Å²) < 4.78 is 0. The topological polar surface area (TPSA) is 29.3 Å². The quantitative estimate of drug-likeness (QED) is 0.817. The normalized spacial score (nSPS) is 21.5. The van der Waals surface area contributed by atoms with Crippen molar-refractivity contribution in [2.45, 2.75) is 31.8 Å². The lowest BCUT2D eigenvalue weighted by atomic mass is 10.00. The molecule has 1 aliphatic heterocycles. The molecule has 1 aromatic carbocycles. The highest BCUT2D eigenvalue weighted by molar-refractivity contribution is 5.20. The predicted octanol–water partition coefficient (Wildman–Crippen LogP) is 2.17. The molecule has 82 valence electrons. The molecule has 2 rings (SSSR count). The van der Waals surface area contributed by atoms with Gasteiger partial charge in [0.25, 0.3) is 0 Å². The highest BCUT2D eigenvalue weighted by Crippen LogP contribution is 2.26. The molecule has 1 fully saturated rings. The molecule has 0 amide bonds. The van der Waals surface area contributed by atoms with E-state index >= 15 is 0 Å². The molecule has 0 unspecified atom stereocenters. The Balaban J connectivity index is 2.19. The van der Waals surface area contributed by atoms with Crippen LogP contribution in [0.5, 0.6) is 0 Å². The fraction of sp³-hybridized carbons (Fsp3) is 0.538. The number of hydrogen-bond acceptors (Lipinski definition) is 2. The van der Waals surface area contributed by atoms with Gasteiger partial charge in [-0.05, 0) is 38.4 Å². The van der Waals surface area contributed by atoms with Crippen molar-refractivity contribution in [2.24, 2.45) is 5.73 Å². The second-order valence-electron chi connectivity index (χ2n) is 4.46. The third-order valence-corrected chi connectivity index (χ3v) is 3.17. The maximum Gasteiger partial charge on any atom is 0.0496 e. The van der Waals surface area contributed by atoms with Gasteiger partial charge in [-0.3, -0.25) is 4.90 Å². The minimum absolute atomic E-state index is 0.200. The van der Waals surface area contributed by atoms with Gasteiger partial charge in [-0.15, -0.1) is 0 Å². The van der Waals surface area contributed by atoms with Crippen molar-refractivity contribution in [3.63, 3.8) is 0 Å². The van der Waals surface area contributed by atoms with Crippen molar-refractivity contribution in [1.29, 1.82) is 0 Å². The zero-order valence-corrected chi connectivity index (χ0v) is 9.39. The molecule has 1 aliphatic rings. The molecule has 2 atom stereocenters. The van der Waals surface area contributed by atoms with Gasteiger partial charge in [-0.1, -0.05) is 30.3 Å². The van der Waals surface area contributed by atoms with Crippen molar-refractivity contribution in [3.8, 4) is 0 Å². The first kappa shape index (κ1) is 10.7. The fourth-order valence-electron chi connectivity index (χ4n) is 2.52. The van der Waals surface area contributed by atoms with E-state index in [0.717, 1.165) is 0 Å². The van der Waals surface area contributed by atoms with Crippen molar-refractivity contribution in [1.82, 2.24) is 4.90 Å². The first-order valence-electron chi connectivity index (χ1n) is 5.83. The summed E-state index contributed by atoms with van der Waals surface area (Å²) in [6.45, 7) is 4.50. The van der Waals surface area contributed by atoms with E-state index in [9.17, 15) is 0 Å². The predicted molar refractivity (Wildman–Crippen MR) is 63.6 cm³/mol. The largest absolute Gasteiger partial charge is 0.326 e. The first-order valence-corrected chi connectivity index (χ1v) is 5.83.